The molecule has 0 aliphatic rings. The molecule has 5 nitrogen and oxygen atoms in total. The van der Waals surface area contributed by atoms with Gasteiger partial charge >= 0.3 is 0 Å². The molecule has 0 heterocycles. The van der Waals surface area contributed by atoms with Crippen LogP contribution < -0.4 is 14.8 Å². The van der Waals surface area contributed by atoms with Gasteiger partial charge in [0.15, 0.2) is 0 Å². The van der Waals surface area contributed by atoms with Crippen molar-refractivity contribution in [1.82, 2.24) is 0 Å². The maximum absolute atomic E-state index is 12.5. The number of rotatable bonds is 5. The van der Waals surface area contributed by atoms with Crippen molar-refractivity contribution in [2.75, 3.05) is 24.2 Å². The molecule has 7 heteroatoms. The Balaban J connectivity index is 2.42. The van der Waals surface area contributed by atoms with Crippen LogP contribution in [0.3, 0.4) is 0 Å². The van der Waals surface area contributed by atoms with Crippen molar-refractivity contribution >= 4 is 33.0 Å². The van der Waals surface area contributed by atoms with Crippen LogP contribution in [-0.2, 0) is 10.0 Å². The molecule has 0 amide bonds. The standard InChI is InChI=1S/C14H15ClN2O3S/c1-16-12-5-3-4-6-14(12)21(18,19)17-13-9-10(20-2)7-8-11(13)15/h3-9,16-17H,1-2H3. The highest BCUT2D eigenvalue weighted by molar-refractivity contribution is 7.92. The molecule has 0 aliphatic carbocycles. The highest BCUT2D eigenvalue weighted by Gasteiger charge is 2.19. The molecule has 0 aromatic heterocycles. The van der Waals surface area contributed by atoms with E-state index in [9.17, 15) is 8.42 Å². The van der Waals surface area contributed by atoms with Crippen LogP contribution in [0.2, 0.25) is 5.02 Å². The van der Waals surface area contributed by atoms with Gasteiger partial charge in [-0.25, -0.2) is 8.42 Å². The average molecular weight is 327 g/mol. The van der Waals surface area contributed by atoms with Gasteiger partial charge in [0.1, 0.15) is 10.6 Å². The molecule has 21 heavy (non-hydrogen) atoms. The molecule has 0 saturated heterocycles. The number of hydrogen-bond acceptors (Lipinski definition) is 4. The summed E-state index contributed by atoms with van der Waals surface area (Å²) in [6, 6.07) is 11.4. The molecular formula is C14H15ClN2O3S. The van der Waals surface area contributed by atoms with Crippen molar-refractivity contribution in [2.24, 2.45) is 0 Å². The van der Waals surface area contributed by atoms with Gasteiger partial charge in [-0.2, -0.15) is 0 Å². The van der Waals surface area contributed by atoms with Crippen LogP contribution >= 0.6 is 11.6 Å². The van der Waals surface area contributed by atoms with Gasteiger partial charge < -0.3 is 10.1 Å². The lowest BCUT2D eigenvalue weighted by Crippen LogP contribution is -2.15. The molecule has 0 aliphatic heterocycles. The molecule has 112 valence electrons. The number of anilines is 2. The van der Waals surface area contributed by atoms with Crippen molar-refractivity contribution in [2.45, 2.75) is 4.90 Å². The first kappa shape index (κ1) is 15.5. The molecule has 0 unspecified atom stereocenters. The smallest absolute Gasteiger partial charge is 0.264 e. The van der Waals surface area contributed by atoms with Crippen LogP contribution in [-0.4, -0.2) is 22.6 Å². The third-order valence-electron chi connectivity index (χ3n) is 2.86. The fourth-order valence-electron chi connectivity index (χ4n) is 1.82. The Labute approximate surface area is 128 Å². The van der Waals surface area contributed by atoms with E-state index in [0.717, 1.165) is 0 Å². The van der Waals surface area contributed by atoms with Crippen molar-refractivity contribution in [1.29, 1.82) is 0 Å². The molecule has 0 spiro atoms. The number of benzene rings is 2. The topological polar surface area (TPSA) is 67.4 Å². The molecule has 2 aromatic carbocycles. The Bertz CT molecular complexity index is 748. The lowest BCUT2D eigenvalue weighted by Gasteiger charge is -2.13. The van der Waals surface area contributed by atoms with Gasteiger partial charge in [-0.15, -0.1) is 0 Å². The molecule has 0 saturated carbocycles. The van der Waals surface area contributed by atoms with Gasteiger partial charge in [-0.3, -0.25) is 4.72 Å². The molecule has 0 bridgehead atoms. The third-order valence-corrected chi connectivity index (χ3v) is 4.62. The van der Waals surface area contributed by atoms with E-state index in [0.29, 0.717) is 16.5 Å². The average Bonchev–Trinajstić information content (AvgIpc) is 2.49. The SMILES string of the molecule is CNc1ccccc1S(=O)(=O)Nc1cc(OC)ccc1Cl. The fourth-order valence-corrected chi connectivity index (χ4v) is 3.32. The Morgan fingerprint density at radius 1 is 1.10 bits per heavy atom. The van der Waals surface area contributed by atoms with E-state index in [1.54, 1.807) is 37.4 Å². The summed E-state index contributed by atoms with van der Waals surface area (Å²) >= 11 is 6.02. The van der Waals surface area contributed by atoms with Crippen LogP contribution in [0.1, 0.15) is 0 Å². The molecule has 2 aromatic rings. The first-order valence-corrected chi connectivity index (χ1v) is 7.97. The number of para-hydroxylation sites is 1. The molecule has 2 N–H and O–H groups in total. The largest absolute Gasteiger partial charge is 0.497 e. The quantitative estimate of drug-likeness (QED) is 0.885. The summed E-state index contributed by atoms with van der Waals surface area (Å²) < 4.78 is 32.5. The van der Waals surface area contributed by atoms with E-state index in [-0.39, 0.29) is 10.6 Å². The molecule has 0 radical (unpaired) electrons. The number of halogens is 1. The van der Waals surface area contributed by atoms with Crippen LogP contribution in [0, 0.1) is 0 Å². The number of ether oxygens (including phenoxy) is 1. The first-order valence-electron chi connectivity index (χ1n) is 6.11. The van der Waals surface area contributed by atoms with Crippen molar-refractivity contribution < 1.29 is 13.2 Å². The lowest BCUT2D eigenvalue weighted by molar-refractivity contribution is 0.415. The molecular weight excluding hydrogens is 312 g/mol. The van der Waals surface area contributed by atoms with Crippen molar-refractivity contribution in [3.05, 3.63) is 47.5 Å². The van der Waals surface area contributed by atoms with Gasteiger partial charge in [0, 0.05) is 13.1 Å². The lowest BCUT2D eigenvalue weighted by atomic mass is 10.3. The van der Waals surface area contributed by atoms with Crippen LogP contribution in [0.15, 0.2) is 47.4 Å². The van der Waals surface area contributed by atoms with E-state index in [1.807, 2.05) is 0 Å². The number of sulfonamides is 1. The van der Waals surface area contributed by atoms with Gasteiger partial charge in [0.25, 0.3) is 10.0 Å². The maximum atomic E-state index is 12.5. The second kappa shape index (κ2) is 6.24. The molecule has 0 fully saturated rings. The van der Waals surface area contributed by atoms with Crippen LogP contribution in [0.4, 0.5) is 11.4 Å². The summed E-state index contributed by atoms with van der Waals surface area (Å²) in [6.07, 6.45) is 0. The van der Waals surface area contributed by atoms with Gasteiger partial charge in [0.2, 0.25) is 0 Å². The third kappa shape index (κ3) is 3.40. The minimum atomic E-state index is -3.76. The van der Waals surface area contributed by atoms with Gasteiger partial charge in [-0.05, 0) is 24.3 Å². The number of nitrogens with one attached hydrogen (secondary N) is 2. The summed E-state index contributed by atoms with van der Waals surface area (Å²) in [7, 11) is -0.599. The predicted octanol–water partition coefficient (Wildman–Crippen LogP) is 3.19. The summed E-state index contributed by atoms with van der Waals surface area (Å²) in [5, 5.41) is 3.14. The van der Waals surface area contributed by atoms with E-state index in [2.05, 4.69) is 10.0 Å². The number of hydrogen-bond donors (Lipinski definition) is 2. The second-order valence-corrected chi connectivity index (χ2v) is 6.26. The highest BCUT2D eigenvalue weighted by atomic mass is 35.5. The van der Waals surface area contributed by atoms with E-state index in [4.69, 9.17) is 16.3 Å². The normalized spacial score (nSPS) is 11.0. The monoisotopic (exact) mass is 326 g/mol. The maximum Gasteiger partial charge on any atom is 0.264 e. The molecule has 2 rings (SSSR count). The van der Waals surface area contributed by atoms with Crippen molar-refractivity contribution in [3.8, 4) is 5.75 Å². The summed E-state index contributed by atoms with van der Waals surface area (Å²) in [5.41, 5.74) is 0.769. The number of methoxy groups -OCH3 is 1. The first-order chi connectivity index (χ1) is 9.97. The van der Waals surface area contributed by atoms with Crippen molar-refractivity contribution in [3.63, 3.8) is 0 Å². The Morgan fingerprint density at radius 3 is 2.48 bits per heavy atom. The predicted molar refractivity (Wildman–Crippen MR) is 84.8 cm³/mol. The fraction of sp³-hybridized carbons (Fsp3) is 0.143. The molecule has 0 atom stereocenters. The Morgan fingerprint density at radius 2 is 1.81 bits per heavy atom. The zero-order valence-corrected chi connectivity index (χ0v) is 13.1. The van der Waals surface area contributed by atoms with E-state index < -0.39 is 10.0 Å². The minimum Gasteiger partial charge on any atom is -0.497 e. The Kier molecular flexibility index (Phi) is 4.59. The highest BCUT2D eigenvalue weighted by Crippen LogP contribution is 2.30. The van der Waals surface area contributed by atoms with Crippen LogP contribution in [0.5, 0.6) is 5.75 Å². The van der Waals surface area contributed by atoms with E-state index in [1.165, 1.54) is 19.2 Å². The zero-order valence-electron chi connectivity index (χ0n) is 11.6. The minimum absolute atomic E-state index is 0.145. The van der Waals surface area contributed by atoms with Crippen LogP contribution in [0.25, 0.3) is 0 Å². The van der Waals surface area contributed by atoms with Gasteiger partial charge in [-0.1, -0.05) is 23.7 Å². The van der Waals surface area contributed by atoms with E-state index >= 15 is 0 Å². The Hall–Kier alpha value is -1.92. The second-order valence-electron chi connectivity index (χ2n) is 4.20. The summed E-state index contributed by atoms with van der Waals surface area (Å²) in [4.78, 5) is 0.145. The summed E-state index contributed by atoms with van der Waals surface area (Å²) in [6.45, 7) is 0. The van der Waals surface area contributed by atoms with Gasteiger partial charge in [0.05, 0.1) is 23.5 Å². The summed E-state index contributed by atoms with van der Waals surface area (Å²) in [5.74, 6) is 0.513. The zero-order chi connectivity index (χ0) is 15.5.